The summed E-state index contributed by atoms with van der Waals surface area (Å²) in [6.45, 7) is 0. The molecule has 1 aromatic rings. The molecule has 1 aromatic carbocycles. The third-order valence-electron chi connectivity index (χ3n) is 2.43. The zero-order valence-corrected chi connectivity index (χ0v) is 10.0. The van der Waals surface area contributed by atoms with Crippen molar-refractivity contribution < 1.29 is 19.1 Å². The third-order valence-corrected chi connectivity index (χ3v) is 2.43. The average molecular weight is 255 g/mol. The van der Waals surface area contributed by atoms with Crippen LogP contribution in [0, 0.1) is 11.8 Å². The van der Waals surface area contributed by atoms with Crippen molar-refractivity contribution in [3.8, 4) is 11.8 Å². The maximum absolute atomic E-state index is 11.5. The lowest BCUT2D eigenvalue weighted by Crippen LogP contribution is -2.29. The third kappa shape index (κ3) is 2.69. The van der Waals surface area contributed by atoms with Gasteiger partial charge in [0, 0.05) is 23.6 Å². The van der Waals surface area contributed by atoms with Crippen LogP contribution in [0.15, 0.2) is 36.4 Å². The van der Waals surface area contributed by atoms with E-state index in [0.29, 0.717) is 11.3 Å². The Balaban J connectivity index is 2.19. The summed E-state index contributed by atoms with van der Waals surface area (Å²) in [6, 6.07) is 6.41. The van der Waals surface area contributed by atoms with Crippen LogP contribution < -0.4 is 4.90 Å². The van der Waals surface area contributed by atoms with Crippen LogP contribution in [-0.4, -0.2) is 24.9 Å². The number of methoxy groups -OCH3 is 1. The molecule has 1 aliphatic rings. The zero-order chi connectivity index (χ0) is 13.8. The van der Waals surface area contributed by atoms with Gasteiger partial charge in [-0.15, -0.1) is 0 Å². The van der Waals surface area contributed by atoms with Crippen molar-refractivity contribution >= 4 is 23.5 Å². The van der Waals surface area contributed by atoms with Crippen molar-refractivity contribution in [2.24, 2.45) is 0 Å². The van der Waals surface area contributed by atoms with E-state index in [9.17, 15) is 14.4 Å². The van der Waals surface area contributed by atoms with Gasteiger partial charge in [0.15, 0.2) is 0 Å². The first-order valence-electron chi connectivity index (χ1n) is 5.38. The number of hydrogen-bond acceptors (Lipinski definition) is 4. The zero-order valence-electron chi connectivity index (χ0n) is 10.0. The molecule has 2 rings (SSSR count). The second kappa shape index (κ2) is 5.19. The van der Waals surface area contributed by atoms with E-state index in [1.54, 1.807) is 24.3 Å². The maximum Gasteiger partial charge on any atom is 0.384 e. The predicted octanol–water partition coefficient (Wildman–Crippen LogP) is 0.641. The van der Waals surface area contributed by atoms with Crippen molar-refractivity contribution in [1.29, 1.82) is 0 Å². The molecule has 5 heteroatoms. The molecule has 0 spiro atoms. The van der Waals surface area contributed by atoms with Gasteiger partial charge in [0.05, 0.1) is 12.8 Å². The number of amides is 2. The summed E-state index contributed by atoms with van der Waals surface area (Å²) in [7, 11) is 1.25. The van der Waals surface area contributed by atoms with E-state index < -0.39 is 5.97 Å². The minimum Gasteiger partial charge on any atom is -0.459 e. The molecule has 1 aliphatic heterocycles. The summed E-state index contributed by atoms with van der Waals surface area (Å²) in [5.74, 6) is 3.51. The Morgan fingerprint density at radius 2 is 1.68 bits per heavy atom. The van der Waals surface area contributed by atoms with Crippen molar-refractivity contribution in [1.82, 2.24) is 0 Å². The molecule has 0 aromatic heterocycles. The number of carbonyl (C=O) groups excluding carboxylic acids is 3. The standard InChI is InChI=1S/C14H9NO4/c1-19-14(18)9-4-10-2-5-11(6-3-10)15-12(16)7-8-13(15)17/h2-3,5-8H,1H3. The number of rotatable bonds is 1. The van der Waals surface area contributed by atoms with Crippen LogP contribution in [0.3, 0.4) is 0 Å². The SMILES string of the molecule is COC(=O)C#Cc1ccc(N2C(=O)C=CC2=O)cc1. The minimum atomic E-state index is -0.627. The van der Waals surface area contributed by atoms with Gasteiger partial charge in [-0.05, 0) is 24.3 Å². The molecular formula is C14H9NO4. The van der Waals surface area contributed by atoms with E-state index in [2.05, 4.69) is 16.6 Å². The highest BCUT2D eigenvalue weighted by atomic mass is 16.5. The first kappa shape index (κ1) is 12.6. The monoisotopic (exact) mass is 255 g/mol. The van der Waals surface area contributed by atoms with Crippen LogP contribution in [0.2, 0.25) is 0 Å². The quantitative estimate of drug-likeness (QED) is 0.419. The highest BCUT2D eigenvalue weighted by Crippen LogP contribution is 2.19. The van der Waals surface area contributed by atoms with Gasteiger partial charge in [-0.3, -0.25) is 9.59 Å². The van der Waals surface area contributed by atoms with Gasteiger partial charge < -0.3 is 4.74 Å². The molecule has 0 aliphatic carbocycles. The van der Waals surface area contributed by atoms with E-state index in [1.807, 2.05) is 0 Å². The van der Waals surface area contributed by atoms with E-state index in [-0.39, 0.29) is 11.8 Å². The second-order valence-electron chi connectivity index (χ2n) is 3.63. The lowest BCUT2D eigenvalue weighted by Gasteiger charge is -2.13. The molecule has 1 heterocycles. The molecule has 0 unspecified atom stereocenters. The molecule has 0 fully saturated rings. The first-order valence-corrected chi connectivity index (χ1v) is 5.38. The largest absolute Gasteiger partial charge is 0.459 e. The smallest absolute Gasteiger partial charge is 0.384 e. The predicted molar refractivity (Wildman–Crippen MR) is 67.0 cm³/mol. The minimum absolute atomic E-state index is 0.376. The summed E-state index contributed by atoms with van der Waals surface area (Å²) in [5, 5.41) is 0. The number of hydrogen-bond donors (Lipinski definition) is 0. The van der Waals surface area contributed by atoms with E-state index in [4.69, 9.17) is 0 Å². The molecule has 5 nitrogen and oxygen atoms in total. The van der Waals surface area contributed by atoms with Crippen LogP contribution in [0.1, 0.15) is 5.56 Å². The van der Waals surface area contributed by atoms with Crippen LogP contribution in [0.4, 0.5) is 5.69 Å². The van der Waals surface area contributed by atoms with E-state index >= 15 is 0 Å². The summed E-state index contributed by atoms with van der Waals surface area (Å²) in [5.41, 5.74) is 1.05. The molecule has 94 valence electrons. The number of ether oxygens (including phenoxy) is 1. The summed E-state index contributed by atoms with van der Waals surface area (Å²) in [4.78, 5) is 34.8. The number of imide groups is 1. The Morgan fingerprint density at radius 3 is 2.21 bits per heavy atom. The van der Waals surface area contributed by atoms with Crippen molar-refractivity contribution in [2.75, 3.05) is 12.0 Å². The first-order chi connectivity index (χ1) is 9.11. The lowest BCUT2D eigenvalue weighted by atomic mass is 10.2. The van der Waals surface area contributed by atoms with Gasteiger partial charge in [-0.25, -0.2) is 9.69 Å². The molecule has 0 saturated carbocycles. The summed E-state index contributed by atoms with van der Waals surface area (Å²) < 4.78 is 4.39. The average Bonchev–Trinajstić information content (AvgIpc) is 2.76. The van der Waals surface area contributed by atoms with Gasteiger partial charge in [-0.1, -0.05) is 5.92 Å². The van der Waals surface area contributed by atoms with Crippen molar-refractivity contribution in [2.45, 2.75) is 0 Å². The Labute approximate surface area is 109 Å². The highest BCUT2D eigenvalue weighted by Gasteiger charge is 2.24. The van der Waals surface area contributed by atoms with E-state index in [0.717, 1.165) is 4.90 Å². The number of anilines is 1. The number of benzene rings is 1. The van der Waals surface area contributed by atoms with Crippen molar-refractivity contribution in [3.05, 3.63) is 42.0 Å². The molecule has 0 saturated heterocycles. The lowest BCUT2D eigenvalue weighted by molar-refractivity contribution is -0.133. The van der Waals surface area contributed by atoms with Crippen LogP contribution >= 0.6 is 0 Å². The van der Waals surface area contributed by atoms with Crippen LogP contribution in [0.25, 0.3) is 0 Å². The topological polar surface area (TPSA) is 63.7 Å². The van der Waals surface area contributed by atoms with Crippen LogP contribution in [0.5, 0.6) is 0 Å². The van der Waals surface area contributed by atoms with Gasteiger partial charge in [0.2, 0.25) is 0 Å². The fourth-order valence-corrected chi connectivity index (χ4v) is 1.52. The summed E-state index contributed by atoms with van der Waals surface area (Å²) >= 11 is 0. The fraction of sp³-hybridized carbons (Fsp3) is 0.0714. The normalized spacial score (nSPS) is 13.2. The molecular weight excluding hydrogens is 246 g/mol. The molecule has 2 amide bonds. The van der Waals surface area contributed by atoms with Gasteiger partial charge >= 0.3 is 5.97 Å². The molecule has 0 radical (unpaired) electrons. The Hall–Kier alpha value is -2.87. The number of nitrogens with zero attached hydrogens (tertiary/aromatic N) is 1. The maximum atomic E-state index is 11.5. The number of carbonyl (C=O) groups is 3. The number of esters is 1. The van der Waals surface area contributed by atoms with Gasteiger partial charge in [-0.2, -0.15) is 0 Å². The van der Waals surface area contributed by atoms with Crippen molar-refractivity contribution in [3.63, 3.8) is 0 Å². The Bertz CT molecular complexity index is 614. The van der Waals surface area contributed by atoms with Gasteiger partial charge in [0.1, 0.15) is 0 Å². The summed E-state index contributed by atoms with van der Waals surface area (Å²) in [6.07, 6.45) is 2.43. The highest BCUT2D eigenvalue weighted by molar-refractivity contribution is 6.28. The van der Waals surface area contributed by atoms with Gasteiger partial charge in [0.25, 0.3) is 11.8 Å². The Kier molecular flexibility index (Phi) is 3.44. The van der Waals surface area contributed by atoms with E-state index in [1.165, 1.54) is 19.3 Å². The second-order valence-corrected chi connectivity index (χ2v) is 3.63. The molecule has 0 bridgehead atoms. The Morgan fingerprint density at radius 1 is 1.11 bits per heavy atom. The van der Waals surface area contributed by atoms with Crippen LogP contribution in [-0.2, 0) is 19.1 Å². The fourth-order valence-electron chi connectivity index (χ4n) is 1.52. The molecule has 0 N–H and O–H groups in total. The molecule has 19 heavy (non-hydrogen) atoms. The molecule has 0 atom stereocenters.